The number of halogens is 1. The Morgan fingerprint density at radius 1 is 1.19 bits per heavy atom. The van der Waals surface area contributed by atoms with Gasteiger partial charge in [-0.25, -0.2) is 12.8 Å². The molecule has 1 fully saturated rings. The van der Waals surface area contributed by atoms with Gasteiger partial charge >= 0.3 is 0 Å². The van der Waals surface area contributed by atoms with E-state index in [1.165, 1.54) is 22.5 Å². The van der Waals surface area contributed by atoms with Crippen LogP contribution in [-0.2, 0) is 26.0 Å². The Bertz CT molecular complexity index is 1190. The molecule has 5 nitrogen and oxygen atoms in total. The van der Waals surface area contributed by atoms with Crippen LogP contribution in [0.5, 0.6) is 0 Å². The van der Waals surface area contributed by atoms with Crippen molar-refractivity contribution in [1.82, 2.24) is 4.31 Å². The zero-order valence-corrected chi connectivity index (χ0v) is 18.2. The zero-order chi connectivity index (χ0) is 22.4. The SMILES string of the molecule is CC1(C)CC[C@@H](C(=O)C2[C]=C(C=O)Cc3ccccc32)N1S(=O)(=O)c1cccc(F)c1. The summed E-state index contributed by atoms with van der Waals surface area (Å²) in [5.41, 5.74) is 1.16. The van der Waals surface area contributed by atoms with Crippen molar-refractivity contribution in [2.45, 2.75) is 55.5 Å². The van der Waals surface area contributed by atoms with Crippen LogP contribution in [-0.4, -0.2) is 36.4 Å². The minimum absolute atomic E-state index is 0.183. The van der Waals surface area contributed by atoms with Gasteiger partial charge in [0.1, 0.15) is 12.1 Å². The summed E-state index contributed by atoms with van der Waals surface area (Å²) in [5, 5.41) is 0. The average molecular weight is 441 g/mol. The quantitative estimate of drug-likeness (QED) is 0.666. The fraction of sp³-hybridized carbons (Fsp3) is 0.333. The molecule has 0 bridgehead atoms. The van der Waals surface area contributed by atoms with Gasteiger partial charge in [0.05, 0.1) is 16.9 Å². The first kappa shape index (κ1) is 21.6. The van der Waals surface area contributed by atoms with Crippen LogP contribution in [0.1, 0.15) is 43.7 Å². The molecule has 1 aliphatic heterocycles. The van der Waals surface area contributed by atoms with Crippen LogP contribution in [0.4, 0.5) is 4.39 Å². The summed E-state index contributed by atoms with van der Waals surface area (Å²) in [4.78, 5) is 25.0. The van der Waals surface area contributed by atoms with Crippen LogP contribution < -0.4 is 0 Å². The van der Waals surface area contributed by atoms with Crippen LogP contribution in [0.2, 0.25) is 0 Å². The molecule has 2 atom stereocenters. The molecule has 31 heavy (non-hydrogen) atoms. The minimum Gasteiger partial charge on any atom is -0.298 e. The highest BCUT2D eigenvalue weighted by Gasteiger charge is 2.51. The van der Waals surface area contributed by atoms with Crippen molar-refractivity contribution < 1.29 is 22.4 Å². The van der Waals surface area contributed by atoms with E-state index in [9.17, 15) is 22.4 Å². The van der Waals surface area contributed by atoms with E-state index in [1.54, 1.807) is 13.8 Å². The van der Waals surface area contributed by atoms with Crippen molar-refractivity contribution in [3.05, 3.63) is 77.1 Å². The van der Waals surface area contributed by atoms with E-state index in [1.807, 2.05) is 24.3 Å². The summed E-state index contributed by atoms with van der Waals surface area (Å²) in [7, 11) is -4.13. The third kappa shape index (κ3) is 3.77. The van der Waals surface area contributed by atoms with E-state index in [0.717, 1.165) is 17.2 Å². The lowest BCUT2D eigenvalue weighted by atomic mass is 9.80. The predicted molar refractivity (Wildman–Crippen MR) is 113 cm³/mol. The molecule has 2 aromatic carbocycles. The highest BCUT2D eigenvalue weighted by atomic mass is 32.2. The van der Waals surface area contributed by atoms with Gasteiger partial charge in [0.15, 0.2) is 5.78 Å². The van der Waals surface area contributed by atoms with Crippen molar-refractivity contribution in [3.63, 3.8) is 0 Å². The molecule has 161 valence electrons. The fourth-order valence-electron chi connectivity index (χ4n) is 4.62. The van der Waals surface area contributed by atoms with Crippen molar-refractivity contribution in [2.75, 3.05) is 0 Å². The molecule has 0 N–H and O–H groups in total. The first-order valence-corrected chi connectivity index (χ1v) is 11.6. The molecular formula is C24H23FNO4S. The smallest absolute Gasteiger partial charge is 0.244 e. The van der Waals surface area contributed by atoms with Crippen LogP contribution >= 0.6 is 0 Å². The van der Waals surface area contributed by atoms with E-state index in [4.69, 9.17) is 0 Å². The summed E-state index contributed by atoms with van der Waals surface area (Å²) in [6.45, 7) is 3.53. The number of aldehydes is 1. The number of rotatable bonds is 5. The largest absolute Gasteiger partial charge is 0.298 e. The van der Waals surface area contributed by atoms with Crippen LogP contribution in [0.3, 0.4) is 0 Å². The van der Waals surface area contributed by atoms with E-state index in [2.05, 4.69) is 6.08 Å². The molecule has 1 saturated heterocycles. The summed E-state index contributed by atoms with van der Waals surface area (Å²) in [6, 6.07) is 11.2. The number of carbonyl (C=O) groups excluding carboxylic acids is 2. The molecule has 0 spiro atoms. The molecular weight excluding hydrogens is 417 g/mol. The standard InChI is InChI=1S/C24H23FNO4S/c1-24(2)11-10-22(26(24)31(29,30)19-8-5-7-18(25)14-19)23(28)21-13-16(15-27)12-17-6-3-4-9-20(17)21/h3-9,14-15,21-22H,10-12H2,1-2H3/t21?,22-/m0/s1. The number of benzene rings is 2. The second-order valence-corrected chi connectivity index (χ2v) is 10.4. The maximum Gasteiger partial charge on any atom is 0.244 e. The van der Waals surface area contributed by atoms with Crippen molar-refractivity contribution in [3.8, 4) is 0 Å². The highest BCUT2D eigenvalue weighted by Crippen LogP contribution is 2.42. The summed E-state index contributed by atoms with van der Waals surface area (Å²) >= 11 is 0. The topological polar surface area (TPSA) is 71.5 Å². The van der Waals surface area contributed by atoms with Gasteiger partial charge in [-0.3, -0.25) is 9.59 Å². The lowest BCUT2D eigenvalue weighted by molar-refractivity contribution is -0.123. The van der Waals surface area contributed by atoms with Gasteiger partial charge in [-0.15, -0.1) is 0 Å². The zero-order valence-electron chi connectivity index (χ0n) is 17.3. The lowest BCUT2D eigenvalue weighted by Crippen LogP contribution is -2.50. The number of sulfonamides is 1. The molecule has 0 amide bonds. The molecule has 1 heterocycles. The Morgan fingerprint density at radius 2 is 1.94 bits per heavy atom. The lowest BCUT2D eigenvalue weighted by Gasteiger charge is -2.35. The number of ketones is 1. The Hall–Kier alpha value is -2.64. The van der Waals surface area contributed by atoms with Gasteiger partial charge < -0.3 is 0 Å². The number of hydrogen-bond acceptors (Lipinski definition) is 4. The Kier molecular flexibility index (Phi) is 5.43. The van der Waals surface area contributed by atoms with E-state index >= 15 is 0 Å². The van der Waals surface area contributed by atoms with Crippen LogP contribution in [0.25, 0.3) is 0 Å². The number of fused-ring (bicyclic) bond motifs is 1. The summed E-state index contributed by atoms with van der Waals surface area (Å²) in [5.74, 6) is -1.81. The van der Waals surface area contributed by atoms with E-state index < -0.39 is 33.3 Å². The number of nitrogens with zero attached hydrogens (tertiary/aromatic N) is 1. The third-order valence-electron chi connectivity index (χ3n) is 6.09. The van der Waals surface area contributed by atoms with Gasteiger partial charge in [-0.2, -0.15) is 4.31 Å². The molecule has 1 unspecified atom stereocenters. The normalized spacial score (nSPS) is 23.1. The number of Topliss-reactive ketones (excluding diaryl/α,β-unsaturated/α-hetero) is 1. The average Bonchev–Trinajstić information content (AvgIpc) is 3.08. The molecule has 2 aliphatic rings. The maximum absolute atomic E-state index is 13.8. The molecule has 7 heteroatoms. The van der Waals surface area contributed by atoms with Gasteiger partial charge in [-0.05, 0) is 62.1 Å². The first-order valence-electron chi connectivity index (χ1n) is 10.1. The Labute approximate surface area is 181 Å². The molecule has 4 rings (SSSR count). The van der Waals surface area contributed by atoms with E-state index in [-0.39, 0.29) is 10.7 Å². The maximum atomic E-state index is 13.8. The molecule has 2 aromatic rings. The Morgan fingerprint density at radius 3 is 2.65 bits per heavy atom. The van der Waals surface area contributed by atoms with Gasteiger partial charge in [0.25, 0.3) is 0 Å². The highest BCUT2D eigenvalue weighted by molar-refractivity contribution is 7.89. The molecule has 1 radical (unpaired) electrons. The minimum atomic E-state index is -4.13. The third-order valence-corrected chi connectivity index (χ3v) is 8.21. The second kappa shape index (κ2) is 7.80. The van der Waals surface area contributed by atoms with Crippen molar-refractivity contribution >= 4 is 22.1 Å². The molecule has 1 aliphatic carbocycles. The summed E-state index contributed by atoms with van der Waals surface area (Å²) in [6.07, 6.45) is 4.91. The van der Waals surface area contributed by atoms with Crippen molar-refractivity contribution in [1.29, 1.82) is 0 Å². The Balaban J connectivity index is 1.78. The first-order chi connectivity index (χ1) is 14.6. The number of hydrogen-bond donors (Lipinski definition) is 0. The summed E-state index contributed by atoms with van der Waals surface area (Å²) < 4.78 is 42.0. The van der Waals surface area contributed by atoms with E-state index in [0.29, 0.717) is 31.1 Å². The predicted octanol–water partition coefficient (Wildman–Crippen LogP) is 3.59. The fourth-order valence-corrected chi connectivity index (χ4v) is 6.65. The van der Waals surface area contributed by atoms with Gasteiger partial charge in [-0.1, -0.05) is 30.3 Å². The van der Waals surface area contributed by atoms with Crippen LogP contribution in [0.15, 0.2) is 59.0 Å². The number of carbonyl (C=O) groups is 2. The molecule has 0 saturated carbocycles. The van der Waals surface area contributed by atoms with Crippen LogP contribution in [0, 0.1) is 11.9 Å². The second-order valence-electron chi connectivity index (χ2n) is 8.62. The number of allylic oxidation sites excluding steroid dienone is 2. The monoisotopic (exact) mass is 440 g/mol. The van der Waals surface area contributed by atoms with Gasteiger partial charge in [0.2, 0.25) is 10.0 Å². The molecule has 0 aromatic heterocycles. The van der Waals surface area contributed by atoms with Crippen molar-refractivity contribution in [2.24, 2.45) is 0 Å². The van der Waals surface area contributed by atoms with Gasteiger partial charge in [0, 0.05) is 17.5 Å².